The Morgan fingerprint density at radius 1 is 0.700 bits per heavy atom. The smallest absolute Gasteiger partial charge is 0.0355 e. The van der Waals surface area contributed by atoms with E-state index < -0.39 is 0 Å². The molecule has 0 aromatic heterocycles. The Hall–Kier alpha value is 0. The second kappa shape index (κ2) is 7.32. The van der Waals surface area contributed by atoms with Crippen LogP contribution in [0, 0.1) is 29.6 Å². The number of hydrogen-bond acceptors (Lipinski definition) is 0. The fourth-order valence-electron chi connectivity index (χ4n) is 5.97. The monoisotopic (exact) mass is 276 g/mol. The summed E-state index contributed by atoms with van der Waals surface area (Å²) >= 11 is 0. The molecule has 0 heterocycles. The summed E-state index contributed by atoms with van der Waals surface area (Å²) < 4.78 is 0. The fourth-order valence-corrected chi connectivity index (χ4v) is 5.97. The van der Waals surface area contributed by atoms with Crippen LogP contribution in [0.4, 0.5) is 0 Å². The molecule has 0 amide bonds. The Kier molecular flexibility index (Phi) is 5.46. The molecule has 0 aliphatic heterocycles. The molecule has 0 aromatic carbocycles. The zero-order valence-corrected chi connectivity index (χ0v) is 13.8. The van der Waals surface area contributed by atoms with Gasteiger partial charge in [0, 0.05) is 0 Å². The van der Waals surface area contributed by atoms with Crippen LogP contribution in [0.5, 0.6) is 0 Å². The number of hydrogen-bond donors (Lipinski definition) is 0. The molecular weight excluding hydrogens is 240 g/mol. The molecule has 116 valence electrons. The molecule has 0 spiro atoms. The molecule has 3 aliphatic rings. The standard InChI is InChI=1S/C20H36/c1-2-3-4-5-9-16-12-8-13-19-14-17-10-6-7-11-18(17)15-20(16)19/h16-20H,2-15H2,1H3. The van der Waals surface area contributed by atoms with Gasteiger partial charge in [-0.05, 0) is 42.4 Å². The van der Waals surface area contributed by atoms with Crippen LogP contribution in [-0.4, -0.2) is 0 Å². The predicted molar refractivity (Wildman–Crippen MR) is 87.8 cm³/mol. The lowest BCUT2D eigenvalue weighted by atomic mass is 9.56. The average Bonchev–Trinajstić information content (AvgIpc) is 2.50. The molecule has 0 nitrogen and oxygen atoms in total. The lowest BCUT2D eigenvalue weighted by Crippen LogP contribution is -2.39. The van der Waals surface area contributed by atoms with Gasteiger partial charge in [0.25, 0.3) is 0 Å². The molecule has 5 atom stereocenters. The summed E-state index contributed by atoms with van der Waals surface area (Å²) in [4.78, 5) is 0. The van der Waals surface area contributed by atoms with Crippen molar-refractivity contribution in [2.75, 3.05) is 0 Å². The third-order valence-electron chi connectivity index (χ3n) is 7.04. The largest absolute Gasteiger partial charge is 0.0654 e. The van der Waals surface area contributed by atoms with Crippen molar-refractivity contribution in [1.29, 1.82) is 0 Å². The summed E-state index contributed by atoms with van der Waals surface area (Å²) in [5.74, 6) is 5.68. The summed E-state index contributed by atoms with van der Waals surface area (Å²) in [5.41, 5.74) is 0. The van der Waals surface area contributed by atoms with Gasteiger partial charge in [-0.1, -0.05) is 84.0 Å². The third-order valence-corrected chi connectivity index (χ3v) is 7.04. The van der Waals surface area contributed by atoms with Crippen LogP contribution in [-0.2, 0) is 0 Å². The van der Waals surface area contributed by atoms with E-state index in [0.717, 1.165) is 29.6 Å². The normalized spacial score (nSPS) is 41.0. The van der Waals surface area contributed by atoms with E-state index in [1.54, 1.807) is 64.2 Å². The highest BCUT2D eigenvalue weighted by Gasteiger charge is 2.42. The van der Waals surface area contributed by atoms with Gasteiger partial charge in [0.1, 0.15) is 0 Å². The summed E-state index contributed by atoms with van der Waals surface area (Å²) in [6.45, 7) is 2.33. The number of fused-ring (bicyclic) bond motifs is 2. The highest BCUT2D eigenvalue weighted by atomic mass is 14.5. The molecule has 3 rings (SSSR count). The minimum atomic E-state index is 1.12. The van der Waals surface area contributed by atoms with Crippen molar-refractivity contribution in [1.82, 2.24) is 0 Å². The molecule has 0 aromatic rings. The third kappa shape index (κ3) is 3.42. The van der Waals surface area contributed by atoms with Crippen molar-refractivity contribution in [2.45, 2.75) is 96.8 Å². The van der Waals surface area contributed by atoms with E-state index in [9.17, 15) is 0 Å². The van der Waals surface area contributed by atoms with E-state index in [-0.39, 0.29) is 0 Å². The van der Waals surface area contributed by atoms with Crippen LogP contribution in [0.1, 0.15) is 96.8 Å². The summed E-state index contributed by atoms with van der Waals surface area (Å²) in [6, 6.07) is 0. The lowest BCUT2D eigenvalue weighted by Gasteiger charge is -2.49. The maximum Gasteiger partial charge on any atom is -0.0355 e. The molecule has 3 fully saturated rings. The van der Waals surface area contributed by atoms with Gasteiger partial charge in [-0.3, -0.25) is 0 Å². The minimum Gasteiger partial charge on any atom is -0.0654 e. The van der Waals surface area contributed by atoms with Gasteiger partial charge in [0.15, 0.2) is 0 Å². The Bertz CT molecular complexity index is 282. The Balaban J connectivity index is 1.54. The van der Waals surface area contributed by atoms with Gasteiger partial charge < -0.3 is 0 Å². The molecule has 3 aliphatic carbocycles. The Morgan fingerprint density at radius 3 is 2.25 bits per heavy atom. The Labute approximate surface area is 127 Å². The molecule has 0 heteroatoms. The second-order valence-corrected chi connectivity index (χ2v) is 8.24. The molecular formula is C20H36. The van der Waals surface area contributed by atoms with E-state index in [0.29, 0.717) is 0 Å². The van der Waals surface area contributed by atoms with E-state index in [1.165, 1.54) is 25.7 Å². The van der Waals surface area contributed by atoms with Crippen molar-refractivity contribution in [2.24, 2.45) is 29.6 Å². The van der Waals surface area contributed by atoms with E-state index >= 15 is 0 Å². The van der Waals surface area contributed by atoms with Crippen LogP contribution < -0.4 is 0 Å². The highest BCUT2D eigenvalue weighted by Crippen LogP contribution is 2.52. The summed E-state index contributed by atoms with van der Waals surface area (Å²) in [5, 5.41) is 0. The topological polar surface area (TPSA) is 0 Å². The van der Waals surface area contributed by atoms with Crippen molar-refractivity contribution >= 4 is 0 Å². The second-order valence-electron chi connectivity index (χ2n) is 8.24. The van der Waals surface area contributed by atoms with Gasteiger partial charge in [0.05, 0.1) is 0 Å². The Morgan fingerprint density at radius 2 is 1.45 bits per heavy atom. The van der Waals surface area contributed by atoms with E-state index in [1.807, 2.05) is 0 Å². The van der Waals surface area contributed by atoms with Crippen molar-refractivity contribution in [3.8, 4) is 0 Å². The SMILES string of the molecule is CCCCCCC1CCCC2CC3CCCCC3CC12. The maximum absolute atomic E-state index is 2.33. The van der Waals surface area contributed by atoms with Crippen LogP contribution in [0.25, 0.3) is 0 Å². The first-order valence-electron chi connectivity index (χ1n) is 9.88. The first-order chi connectivity index (χ1) is 9.88. The molecule has 0 bridgehead atoms. The zero-order chi connectivity index (χ0) is 13.8. The molecule has 0 N–H and O–H groups in total. The first kappa shape index (κ1) is 14.9. The molecule has 20 heavy (non-hydrogen) atoms. The van der Waals surface area contributed by atoms with E-state index in [2.05, 4.69) is 6.92 Å². The predicted octanol–water partition coefficient (Wildman–Crippen LogP) is 6.59. The molecule has 0 saturated heterocycles. The van der Waals surface area contributed by atoms with Gasteiger partial charge in [-0.15, -0.1) is 0 Å². The number of rotatable bonds is 5. The van der Waals surface area contributed by atoms with Gasteiger partial charge in [-0.25, -0.2) is 0 Å². The van der Waals surface area contributed by atoms with Crippen molar-refractivity contribution < 1.29 is 0 Å². The summed E-state index contributed by atoms with van der Waals surface area (Å²) in [6.07, 6.45) is 21.6. The quantitative estimate of drug-likeness (QED) is 0.497. The number of unbranched alkanes of at least 4 members (excludes halogenated alkanes) is 3. The van der Waals surface area contributed by atoms with Crippen molar-refractivity contribution in [3.05, 3.63) is 0 Å². The molecule has 0 radical (unpaired) electrons. The van der Waals surface area contributed by atoms with Crippen LogP contribution in [0.3, 0.4) is 0 Å². The van der Waals surface area contributed by atoms with Gasteiger partial charge in [0.2, 0.25) is 0 Å². The van der Waals surface area contributed by atoms with Gasteiger partial charge >= 0.3 is 0 Å². The minimum absolute atomic E-state index is 1.12. The summed E-state index contributed by atoms with van der Waals surface area (Å²) in [7, 11) is 0. The van der Waals surface area contributed by atoms with Gasteiger partial charge in [-0.2, -0.15) is 0 Å². The van der Waals surface area contributed by atoms with E-state index in [4.69, 9.17) is 0 Å². The van der Waals surface area contributed by atoms with Crippen LogP contribution in [0.2, 0.25) is 0 Å². The fraction of sp³-hybridized carbons (Fsp3) is 1.00. The first-order valence-corrected chi connectivity index (χ1v) is 9.88. The highest BCUT2D eigenvalue weighted by molar-refractivity contribution is 4.92. The lowest BCUT2D eigenvalue weighted by molar-refractivity contribution is 0.0140. The maximum atomic E-state index is 2.33. The van der Waals surface area contributed by atoms with Crippen LogP contribution in [0.15, 0.2) is 0 Å². The van der Waals surface area contributed by atoms with Crippen molar-refractivity contribution in [3.63, 3.8) is 0 Å². The molecule has 5 unspecified atom stereocenters. The molecule has 3 saturated carbocycles. The zero-order valence-electron chi connectivity index (χ0n) is 13.8. The van der Waals surface area contributed by atoms with Crippen LogP contribution >= 0.6 is 0 Å². The average molecular weight is 277 g/mol.